The molecule has 1 atom stereocenters. The summed E-state index contributed by atoms with van der Waals surface area (Å²) in [4.78, 5) is 14.8. The number of hydrogen-bond donors (Lipinski definition) is 0. The summed E-state index contributed by atoms with van der Waals surface area (Å²) >= 11 is 0. The van der Waals surface area contributed by atoms with Crippen LogP contribution in [0, 0.1) is 0 Å². The van der Waals surface area contributed by atoms with Crippen LogP contribution < -0.4 is 0 Å². The predicted octanol–water partition coefficient (Wildman–Crippen LogP) is 1.57. The van der Waals surface area contributed by atoms with E-state index >= 15 is 0 Å². The molecule has 0 aromatic rings. The van der Waals surface area contributed by atoms with E-state index in [0.717, 1.165) is 19.4 Å². The van der Waals surface area contributed by atoms with Gasteiger partial charge in [0.1, 0.15) is 0 Å². The Bertz CT molecular complexity index is 243. The van der Waals surface area contributed by atoms with Gasteiger partial charge in [-0.15, -0.1) is 0 Å². The number of rotatable bonds is 4. The van der Waals surface area contributed by atoms with Crippen LogP contribution in [-0.2, 0) is 9.47 Å². The molecular formula is C10H18N2O3. The monoisotopic (exact) mass is 214 g/mol. The normalized spacial score (nSPS) is 19.5. The van der Waals surface area contributed by atoms with Gasteiger partial charge in [0.2, 0.25) is 0 Å². The Morgan fingerprint density at radius 2 is 2.20 bits per heavy atom. The first-order valence-electron chi connectivity index (χ1n) is 5.09. The first kappa shape index (κ1) is 11.7. The minimum atomic E-state index is -0.656. The topological polar surface area (TPSA) is 42.0 Å². The molecule has 0 saturated carbocycles. The molecule has 86 valence electrons. The summed E-state index contributed by atoms with van der Waals surface area (Å²) in [5.74, 6) is 0. The van der Waals surface area contributed by atoms with E-state index in [1.165, 1.54) is 7.11 Å². The minimum Gasteiger partial charge on any atom is -0.438 e. The zero-order chi connectivity index (χ0) is 11.3. The Morgan fingerprint density at radius 1 is 1.47 bits per heavy atom. The highest BCUT2D eigenvalue weighted by atomic mass is 16.7. The van der Waals surface area contributed by atoms with Gasteiger partial charge in [0.25, 0.3) is 6.35 Å². The van der Waals surface area contributed by atoms with Crippen molar-refractivity contribution in [1.82, 2.24) is 9.80 Å². The second-order valence-electron chi connectivity index (χ2n) is 3.45. The van der Waals surface area contributed by atoms with Crippen molar-refractivity contribution >= 4 is 6.16 Å². The van der Waals surface area contributed by atoms with Gasteiger partial charge in [0.05, 0.1) is 7.11 Å². The van der Waals surface area contributed by atoms with E-state index < -0.39 is 6.16 Å². The SMILES string of the molecule is CCCCN1C=CN(C)C1OC(=O)OC. The second kappa shape index (κ2) is 5.48. The van der Waals surface area contributed by atoms with Crippen LogP contribution in [0.15, 0.2) is 12.4 Å². The van der Waals surface area contributed by atoms with Crippen molar-refractivity contribution in [1.29, 1.82) is 0 Å². The molecule has 0 fully saturated rings. The van der Waals surface area contributed by atoms with Crippen LogP contribution in [0.5, 0.6) is 0 Å². The minimum absolute atomic E-state index is 0.371. The summed E-state index contributed by atoms with van der Waals surface area (Å²) in [7, 11) is 3.16. The van der Waals surface area contributed by atoms with Gasteiger partial charge in [0, 0.05) is 26.0 Å². The highest BCUT2D eigenvalue weighted by Gasteiger charge is 2.27. The molecule has 1 aliphatic heterocycles. The van der Waals surface area contributed by atoms with E-state index in [0.29, 0.717) is 0 Å². The van der Waals surface area contributed by atoms with Gasteiger partial charge in [-0.2, -0.15) is 0 Å². The van der Waals surface area contributed by atoms with E-state index in [2.05, 4.69) is 11.7 Å². The molecule has 15 heavy (non-hydrogen) atoms. The van der Waals surface area contributed by atoms with Crippen molar-refractivity contribution in [3.8, 4) is 0 Å². The zero-order valence-electron chi connectivity index (χ0n) is 9.47. The molecule has 5 heteroatoms. The standard InChI is InChI=1S/C10H18N2O3/c1-4-5-6-12-8-7-11(2)9(12)15-10(13)14-3/h7-9H,4-6H2,1-3H3. The Labute approximate surface area is 90.2 Å². The van der Waals surface area contributed by atoms with Crippen molar-refractivity contribution in [2.24, 2.45) is 0 Å². The van der Waals surface area contributed by atoms with E-state index in [4.69, 9.17) is 4.74 Å². The summed E-state index contributed by atoms with van der Waals surface area (Å²) in [5.41, 5.74) is 0. The van der Waals surface area contributed by atoms with Crippen molar-refractivity contribution < 1.29 is 14.3 Å². The number of ether oxygens (including phenoxy) is 2. The predicted molar refractivity (Wildman–Crippen MR) is 55.8 cm³/mol. The van der Waals surface area contributed by atoms with E-state index in [-0.39, 0.29) is 6.35 Å². The van der Waals surface area contributed by atoms with Crippen molar-refractivity contribution in [2.75, 3.05) is 20.7 Å². The molecule has 0 aliphatic carbocycles. The van der Waals surface area contributed by atoms with Crippen LogP contribution in [0.4, 0.5) is 4.79 Å². The number of unbranched alkanes of at least 4 members (excludes halogenated alkanes) is 1. The fourth-order valence-electron chi connectivity index (χ4n) is 1.38. The molecule has 1 rings (SSSR count). The third-order valence-electron chi connectivity index (χ3n) is 2.26. The fourth-order valence-corrected chi connectivity index (χ4v) is 1.38. The molecule has 0 aromatic heterocycles. The fraction of sp³-hybridized carbons (Fsp3) is 0.700. The molecule has 5 nitrogen and oxygen atoms in total. The lowest BCUT2D eigenvalue weighted by atomic mass is 10.3. The Morgan fingerprint density at radius 3 is 2.80 bits per heavy atom. The van der Waals surface area contributed by atoms with Crippen LogP contribution in [0.3, 0.4) is 0 Å². The second-order valence-corrected chi connectivity index (χ2v) is 3.45. The summed E-state index contributed by atoms with van der Waals surface area (Å²) in [6.45, 7) is 3.00. The molecule has 0 amide bonds. The maximum absolute atomic E-state index is 11.0. The summed E-state index contributed by atoms with van der Waals surface area (Å²) < 4.78 is 9.58. The molecule has 0 aromatic carbocycles. The van der Waals surface area contributed by atoms with Crippen molar-refractivity contribution in [2.45, 2.75) is 26.1 Å². The number of hydrogen-bond acceptors (Lipinski definition) is 5. The zero-order valence-corrected chi connectivity index (χ0v) is 9.47. The number of methoxy groups -OCH3 is 1. The van der Waals surface area contributed by atoms with Gasteiger partial charge >= 0.3 is 6.16 Å². The largest absolute Gasteiger partial charge is 0.511 e. The number of carbonyl (C=O) groups excluding carboxylic acids is 1. The van der Waals surface area contributed by atoms with Gasteiger partial charge in [-0.25, -0.2) is 4.79 Å². The number of carbonyl (C=O) groups is 1. The Hall–Kier alpha value is -1.39. The molecule has 1 heterocycles. The molecular weight excluding hydrogens is 196 g/mol. The van der Waals surface area contributed by atoms with Gasteiger partial charge < -0.3 is 19.3 Å². The highest BCUT2D eigenvalue weighted by Crippen LogP contribution is 2.16. The third kappa shape index (κ3) is 3.04. The smallest absolute Gasteiger partial charge is 0.438 e. The van der Waals surface area contributed by atoms with Crippen LogP contribution in [0.1, 0.15) is 19.8 Å². The molecule has 0 N–H and O–H groups in total. The molecule has 0 spiro atoms. The maximum Gasteiger partial charge on any atom is 0.511 e. The summed E-state index contributed by atoms with van der Waals surface area (Å²) in [6.07, 6.45) is 4.95. The van der Waals surface area contributed by atoms with E-state index in [1.807, 2.05) is 29.2 Å². The Balaban J connectivity index is 2.47. The van der Waals surface area contributed by atoms with Gasteiger partial charge in [-0.1, -0.05) is 13.3 Å². The highest BCUT2D eigenvalue weighted by molar-refractivity contribution is 5.59. The van der Waals surface area contributed by atoms with Gasteiger partial charge in [0.15, 0.2) is 0 Å². The first-order valence-corrected chi connectivity index (χ1v) is 5.09. The molecule has 1 aliphatic rings. The van der Waals surface area contributed by atoms with Gasteiger partial charge in [-0.3, -0.25) is 0 Å². The summed E-state index contributed by atoms with van der Waals surface area (Å²) in [6, 6.07) is 0. The average molecular weight is 214 g/mol. The molecule has 1 unspecified atom stereocenters. The summed E-state index contributed by atoms with van der Waals surface area (Å²) in [5, 5.41) is 0. The lowest BCUT2D eigenvalue weighted by Crippen LogP contribution is -2.40. The lowest BCUT2D eigenvalue weighted by Gasteiger charge is -2.28. The van der Waals surface area contributed by atoms with Crippen LogP contribution in [0.25, 0.3) is 0 Å². The van der Waals surface area contributed by atoms with Crippen LogP contribution >= 0.6 is 0 Å². The molecule has 0 saturated heterocycles. The third-order valence-corrected chi connectivity index (χ3v) is 2.26. The Kier molecular flexibility index (Phi) is 4.27. The van der Waals surface area contributed by atoms with Crippen LogP contribution in [0.2, 0.25) is 0 Å². The number of nitrogens with zero attached hydrogens (tertiary/aromatic N) is 2. The quantitative estimate of drug-likeness (QED) is 0.664. The lowest BCUT2D eigenvalue weighted by molar-refractivity contribution is -0.0728. The van der Waals surface area contributed by atoms with Crippen molar-refractivity contribution in [3.05, 3.63) is 12.4 Å². The molecule has 0 radical (unpaired) electrons. The van der Waals surface area contributed by atoms with E-state index in [9.17, 15) is 4.79 Å². The maximum atomic E-state index is 11.0. The average Bonchev–Trinajstić information content (AvgIpc) is 2.57. The first-order chi connectivity index (χ1) is 7.19. The van der Waals surface area contributed by atoms with Gasteiger partial charge in [-0.05, 0) is 6.42 Å². The van der Waals surface area contributed by atoms with E-state index in [1.54, 1.807) is 0 Å². The molecule has 0 bridgehead atoms. The van der Waals surface area contributed by atoms with Crippen LogP contribution in [-0.4, -0.2) is 43.0 Å². The van der Waals surface area contributed by atoms with Crippen molar-refractivity contribution in [3.63, 3.8) is 0 Å².